The van der Waals surface area contributed by atoms with Crippen LogP contribution in [0.5, 0.6) is 0 Å². The largest absolute Gasteiger partial charge is 1.00 e. The number of hydrogen-bond donors (Lipinski definition) is 0. The molecule has 0 saturated heterocycles. The molecule has 0 atom stereocenters. The maximum Gasteiger partial charge on any atom is 1.00 e. The zero-order valence-electron chi connectivity index (χ0n) is 10.3. The third-order valence-corrected chi connectivity index (χ3v) is 4.02. The van der Waals surface area contributed by atoms with E-state index in [2.05, 4.69) is 0 Å². The molecular formula is C14H7AgO5S. The molecule has 1 aliphatic carbocycles. The predicted molar refractivity (Wildman–Crippen MR) is 67.7 cm³/mol. The number of fused-ring (bicyclic) bond motifs is 2. The van der Waals surface area contributed by atoms with Crippen LogP contribution in [0, 0.1) is 0 Å². The Balaban J connectivity index is 0.00000161. The Morgan fingerprint density at radius 2 is 1.24 bits per heavy atom. The third-order valence-electron chi connectivity index (χ3n) is 3.19. The monoisotopic (exact) mass is 394 g/mol. The maximum absolute atomic E-state index is 12.3. The SMILES string of the molecule is O=C1c2ccccc2C(=O)c2cc(S(=O)(=O)[O-])ccc21.[Ag+]. The minimum absolute atomic E-state index is 0. The van der Waals surface area contributed by atoms with Crippen LogP contribution in [0.1, 0.15) is 31.8 Å². The van der Waals surface area contributed by atoms with Crippen molar-refractivity contribution >= 4 is 21.7 Å². The summed E-state index contributed by atoms with van der Waals surface area (Å²) in [5, 5.41) is 0. The summed E-state index contributed by atoms with van der Waals surface area (Å²) in [6, 6.07) is 9.51. The fourth-order valence-corrected chi connectivity index (χ4v) is 2.73. The zero-order chi connectivity index (χ0) is 14.5. The topological polar surface area (TPSA) is 91.3 Å². The Hall–Kier alpha value is -1.57. The van der Waals surface area contributed by atoms with Crippen molar-refractivity contribution in [3.05, 3.63) is 64.7 Å². The molecule has 0 spiro atoms. The molecule has 0 N–H and O–H groups in total. The molecule has 0 bridgehead atoms. The first-order valence-electron chi connectivity index (χ1n) is 5.68. The van der Waals surface area contributed by atoms with Gasteiger partial charge in [0.1, 0.15) is 10.1 Å². The Bertz CT molecular complexity index is 871. The van der Waals surface area contributed by atoms with E-state index in [1.165, 1.54) is 18.2 Å². The van der Waals surface area contributed by atoms with Crippen LogP contribution < -0.4 is 0 Å². The Morgan fingerprint density at radius 1 is 0.762 bits per heavy atom. The molecule has 0 aromatic heterocycles. The molecule has 0 aliphatic heterocycles. The predicted octanol–water partition coefficient (Wildman–Crippen LogP) is 1.36. The normalized spacial score (nSPS) is 13.2. The van der Waals surface area contributed by atoms with Crippen molar-refractivity contribution in [1.29, 1.82) is 0 Å². The first kappa shape index (κ1) is 15.8. The number of carbonyl (C=O) groups excluding carboxylic acids is 2. The van der Waals surface area contributed by atoms with E-state index in [0.29, 0.717) is 0 Å². The fraction of sp³-hybridized carbons (Fsp3) is 0. The molecule has 2 aromatic rings. The Morgan fingerprint density at radius 3 is 1.76 bits per heavy atom. The summed E-state index contributed by atoms with van der Waals surface area (Å²) in [7, 11) is -4.67. The number of benzene rings is 2. The van der Waals surface area contributed by atoms with Gasteiger partial charge in [0.05, 0.1) is 4.90 Å². The van der Waals surface area contributed by atoms with Gasteiger partial charge in [0.25, 0.3) is 0 Å². The van der Waals surface area contributed by atoms with Crippen molar-refractivity contribution in [3.63, 3.8) is 0 Å². The van der Waals surface area contributed by atoms with Crippen molar-refractivity contribution < 1.29 is 44.9 Å². The van der Waals surface area contributed by atoms with Gasteiger partial charge in [-0.1, -0.05) is 24.3 Å². The molecule has 0 amide bonds. The van der Waals surface area contributed by atoms with E-state index in [9.17, 15) is 22.6 Å². The second-order valence-electron chi connectivity index (χ2n) is 4.37. The van der Waals surface area contributed by atoms with Crippen molar-refractivity contribution in [1.82, 2.24) is 0 Å². The molecule has 3 rings (SSSR count). The van der Waals surface area contributed by atoms with Crippen LogP contribution in [0.2, 0.25) is 0 Å². The smallest absolute Gasteiger partial charge is 0.744 e. The van der Waals surface area contributed by atoms with E-state index in [4.69, 9.17) is 0 Å². The van der Waals surface area contributed by atoms with Crippen LogP contribution in [-0.4, -0.2) is 24.5 Å². The van der Waals surface area contributed by atoms with Crippen LogP contribution in [0.25, 0.3) is 0 Å². The molecule has 110 valence electrons. The van der Waals surface area contributed by atoms with Crippen molar-refractivity contribution in [3.8, 4) is 0 Å². The Labute approximate surface area is 136 Å². The zero-order valence-corrected chi connectivity index (χ0v) is 12.6. The van der Waals surface area contributed by atoms with Gasteiger partial charge in [0.2, 0.25) is 0 Å². The number of ketones is 2. The minimum atomic E-state index is -4.67. The summed E-state index contributed by atoms with van der Waals surface area (Å²) in [4.78, 5) is 24.0. The molecule has 7 heteroatoms. The molecule has 0 heterocycles. The van der Waals surface area contributed by atoms with Crippen molar-refractivity contribution in [2.45, 2.75) is 4.90 Å². The molecule has 2 aromatic carbocycles. The van der Waals surface area contributed by atoms with Crippen LogP contribution in [0.3, 0.4) is 0 Å². The van der Waals surface area contributed by atoms with E-state index < -0.39 is 20.8 Å². The molecule has 0 radical (unpaired) electrons. The first-order valence-corrected chi connectivity index (χ1v) is 7.09. The van der Waals surface area contributed by atoms with Gasteiger partial charge in [-0.25, -0.2) is 8.42 Å². The van der Waals surface area contributed by atoms with Gasteiger partial charge >= 0.3 is 22.4 Å². The van der Waals surface area contributed by atoms with Gasteiger partial charge in [0.15, 0.2) is 11.6 Å². The van der Waals surface area contributed by atoms with Gasteiger partial charge in [-0.3, -0.25) is 9.59 Å². The maximum atomic E-state index is 12.3. The van der Waals surface area contributed by atoms with Gasteiger partial charge in [-0.15, -0.1) is 0 Å². The number of carbonyl (C=O) groups is 2. The number of hydrogen-bond acceptors (Lipinski definition) is 5. The summed E-state index contributed by atoms with van der Waals surface area (Å²) in [5.41, 5.74) is 0.555. The van der Waals surface area contributed by atoms with E-state index >= 15 is 0 Å². The average Bonchev–Trinajstić information content (AvgIpc) is 2.43. The van der Waals surface area contributed by atoms with E-state index in [-0.39, 0.29) is 50.4 Å². The molecule has 5 nitrogen and oxygen atoms in total. The minimum Gasteiger partial charge on any atom is -0.744 e. The number of rotatable bonds is 1. The van der Waals surface area contributed by atoms with Gasteiger partial charge in [0, 0.05) is 22.3 Å². The summed E-state index contributed by atoms with van der Waals surface area (Å²) in [6.07, 6.45) is 0. The summed E-state index contributed by atoms with van der Waals surface area (Å²) in [6.45, 7) is 0. The molecular weight excluding hydrogens is 388 g/mol. The molecule has 1 aliphatic rings. The molecule has 0 saturated carbocycles. The molecule has 21 heavy (non-hydrogen) atoms. The third kappa shape index (κ3) is 2.52. The van der Waals surface area contributed by atoms with Gasteiger partial charge < -0.3 is 4.55 Å². The second-order valence-corrected chi connectivity index (χ2v) is 5.74. The van der Waals surface area contributed by atoms with Gasteiger partial charge in [-0.05, 0) is 18.2 Å². The fourth-order valence-electron chi connectivity index (χ4n) is 2.23. The summed E-state index contributed by atoms with van der Waals surface area (Å²) >= 11 is 0. The first-order chi connectivity index (χ1) is 9.39. The average molecular weight is 395 g/mol. The standard InChI is InChI=1S/C14H8O5S.Ag/c15-13-9-3-1-2-4-10(9)14(16)12-7-8(20(17,18)19)5-6-11(12)13;/h1-7H,(H,17,18,19);/q;+1/p-1. The van der Waals surface area contributed by atoms with Crippen molar-refractivity contribution in [2.24, 2.45) is 0 Å². The quantitative estimate of drug-likeness (QED) is 0.459. The van der Waals surface area contributed by atoms with Gasteiger partial charge in [-0.2, -0.15) is 0 Å². The Kier molecular flexibility index (Phi) is 4.01. The summed E-state index contributed by atoms with van der Waals surface area (Å²) < 4.78 is 33.0. The van der Waals surface area contributed by atoms with Crippen LogP contribution in [0.15, 0.2) is 47.4 Å². The molecule has 0 unspecified atom stereocenters. The molecule has 0 fully saturated rings. The second kappa shape index (κ2) is 5.32. The van der Waals surface area contributed by atoms with Crippen LogP contribution in [0.4, 0.5) is 0 Å². The van der Waals surface area contributed by atoms with Crippen LogP contribution >= 0.6 is 0 Å². The van der Waals surface area contributed by atoms with Crippen molar-refractivity contribution in [2.75, 3.05) is 0 Å². The van der Waals surface area contributed by atoms with E-state index in [1.807, 2.05) is 0 Å². The van der Waals surface area contributed by atoms with Crippen LogP contribution in [-0.2, 0) is 32.5 Å². The summed E-state index contributed by atoms with van der Waals surface area (Å²) in [5.74, 6) is -0.814. The van der Waals surface area contributed by atoms with E-state index in [1.54, 1.807) is 12.1 Å². The van der Waals surface area contributed by atoms with E-state index in [0.717, 1.165) is 12.1 Å².